The molecule has 0 saturated carbocycles. The molecule has 0 saturated heterocycles. The Morgan fingerprint density at radius 1 is 1.40 bits per heavy atom. The maximum absolute atomic E-state index is 5.94. The zero-order chi connectivity index (χ0) is 14.5. The van der Waals surface area contributed by atoms with E-state index >= 15 is 0 Å². The van der Waals surface area contributed by atoms with E-state index < -0.39 is 0 Å². The fourth-order valence-corrected chi connectivity index (χ4v) is 2.72. The van der Waals surface area contributed by atoms with E-state index in [0.29, 0.717) is 11.2 Å². The Balaban J connectivity index is 2.19. The second-order valence-electron chi connectivity index (χ2n) is 4.41. The van der Waals surface area contributed by atoms with Crippen LogP contribution in [0, 0.1) is 0 Å². The van der Waals surface area contributed by atoms with Crippen molar-refractivity contribution in [3.05, 3.63) is 51.1 Å². The van der Waals surface area contributed by atoms with Crippen molar-refractivity contribution in [3.8, 4) is 0 Å². The third-order valence-electron chi connectivity index (χ3n) is 3.15. The lowest BCUT2D eigenvalue weighted by atomic mass is 10.1. The molecule has 2 aromatic heterocycles. The van der Waals surface area contributed by atoms with E-state index in [2.05, 4.69) is 48.7 Å². The molecule has 0 aliphatic heterocycles. The summed E-state index contributed by atoms with van der Waals surface area (Å²) in [6, 6.07) is 7.92. The molecule has 0 spiro atoms. The second-order valence-corrected chi connectivity index (χ2v) is 5.98. The summed E-state index contributed by atoms with van der Waals surface area (Å²) >= 11 is 6.81. The van der Waals surface area contributed by atoms with Crippen LogP contribution < -0.4 is 5.73 Å². The van der Waals surface area contributed by atoms with Crippen molar-refractivity contribution in [1.82, 2.24) is 9.88 Å². The molecule has 1 unspecified atom stereocenters. The molecule has 2 N–H and O–H groups in total. The van der Waals surface area contributed by atoms with Crippen molar-refractivity contribution in [2.45, 2.75) is 19.5 Å². The van der Waals surface area contributed by atoms with Crippen LogP contribution in [-0.4, -0.2) is 23.0 Å². The largest absolute Gasteiger partial charge is 0.451 e. The lowest BCUT2D eigenvalue weighted by Crippen LogP contribution is -2.33. The van der Waals surface area contributed by atoms with Gasteiger partial charge in [0.05, 0.1) is 16.2 Å². The van der Waals surface area contributed by atoms with Crippen LogP contribution in [0.5, 0.6) is 0 Å². The number of nitrogens with two attached hydrogens (primary N) is 1. The molecule has 0 aliphatic carbocycles. The number of halogens is 2. The van der Waals surface area contributed by atoms with E-state index in [1.165, 1.54) is 0 Å². The highest BCUT2D eigenvalue weighted by Crippen LogP contribution is 2.32. The first-order chi connectivity index (χ1) is 9.65. The van der Waals surface area contributed by atoms with Gasteiger partial charge in [-0.1, -0.05) is 13.0 Å². The van der Waals surface area contributed by atoms with E-state index in [4.69, 9.17) is 10.2 Å². The fraction of sp³-hybridized carbons (Fsp3) is 0.357. The highest BCUT2D eigenvalue weighted by Gasteiger charge is 2.22. The van der Waals surface area contributed by atoms with Gasteiger partial charge in [0.25, 0.3) is 0 Å². The normalized spacial score (nSPS) is 12.8. The third kappa shape index (κ3) is 3.69. The Morgan fingerprint density at radius 3 is 2.70 bits per heavy atom. The van der Waals surface area contributed by atoms with Gasteiger partial charge >= 0.3 is 0 Å². The van der Waals surface area contributed by atoms with E-state index in [9.17, 15) is 0 Å². The van der Waals surface area contributed by atoms with Gasteiger partial charge in [-0.3, -0.25) is 9.88 Å². The van der Waals surface area contributed by atoms with Gasteiger partial charge in [0.1, 0.15) is 5.76 Å². The summed E-state index contributed by atoms with van der Waals surface area (Å²) in [6.07, 6.45) is 1.81. The summed E-state index contributed by atoms with van der Waals surface area (Å²) in [4.78, 5) is 6.62. The van der Waals surface area contributed by atoms with Crippen LogP contribution in [0.15, 0.2) is 44.0 Å². The molecular formula is C14H17Br2N3O. The molecule has 2 rings (SSSR count). The standard InChI is InChI=1S/C14H17Br2N3O/c1-2-19(9-10-5-3-4-6-18-10)12(8-17)13-7-11(15)14(16)20-13/h3-7,12H,2,8-9,17H2,1H3. The molecule has 0 bridgehead atoms. The summed E-state index contributed by atoms with van der Waals surface area (Å²) in [5.41, 5.74) is 6.97. The van der Waals surface area contributed by atoms with Crippen LogP contribution in [0.2, 0.25) is 0 Å². The van der Waals surface area contributed by atoms with Gasteiger partial charge in [-0.05, 0) is 56.6 Å². The highest BCUT2D eigenvalue weighted by atomic mass is 79.9. The average molecular weight is 403 g/mol. The molecule has 20 heavy (non-hydrogen) atoms. The zero-order valence-electron chi connectivity index (χ0n) is 11.2. The smallest absolute Gasteiger partial charge is 0.183 e. The number of pyridine rings is 1. The van der Waals surface area contributed by atoms with Crippen LogP contribution in [0.25, 0.3) is 0 Å². The fourth-order valence-electron chi connectivity index (χ4n) is 2.11. The highest BCUT2D eigenvalue weighted by molar-refractivity contribution is 9.13. The minimum atomic E-state index is 0.0320. The predicted molar refractivity (Wildman–Crippen MR) is 86.2 cm³/mol. The molecule has 2 heterocycles. The molecule has 6 heteroatoms. The first kappa shape index (κ1) is 15.7. The lowest BCUT2D eigenvalue weighted by Gasteiger charge is -2.27. The van der Waals surface area contributed by atoms with Crippen molar-refractivity contribution in [3.63, 3.8) is 0 Å². The molecule has 1 atom stereocenters. The molecule has 0 amide bonds. The van der Waals surface area contributed by atoms with Crippen molar-refractivity contribution in [1.29, 1.82) is 0 Å². The van der Waals surface area contributed by atoms with Crippen LogP contribution in [0.1, 0.15) is 24.4 Å². The molecule has 108 valence electrons. The number of aromatic nitrogens is 1. The maximum Gasteiger partial charge on any atom is 0.183 e. The van der Waals surface area contributed by atoms with E-state index in [0.717, 1.165) is 29.0 Å². The molecule has 2 aromatic rings. The van der Waals surface area contributed by atoms with E-state index in [-0.39, 0.29) is 6.04 Å². The van der Waals surface area contributed by atoms with E-state index in [1.54, 1.807) is 6.20 Å². The van der Waals surface area contributed by atoms with E-state index in [1.807, 2.05) is 24.3 Å². The Kier molecular flexibility index (Phi) is 5.77. The van der Waals surface area contributed by atoms with Gasteiger partial charge < -0.3 is 10.2 Å². The van der Waals surface area contributed by atoms with Crippen LogP contribution in [0.4, 0.5) is 0 Å². The maximum atomic E-state index is 5.94. The summed E-state index contributed by atoms with van der Waals surface area (Å²) in [5, 5.41) is 0. The Morgan fingerprint density at radius 2 is 2.20 bits per heavy atom. The van der Waals surface area contributed by atoms with Crippen LogP contribution in [-0.2, 0) is 6.54 Å². The minimum absolute atomic E-state index is 0.0320. The van der Waals surface area contributed by atoms with Gasteiger partial charge in [0, 0.05) is 19.3 Å². The summed E-state index contributed by atoms with van der Waals surface area (Å²) in [5.74, 6) is 0.851. The van der Waals surface area contributed by atoms with Gasteiger partial charge in [0.2, 0.25) is 0 Å². The summed E-state index contributed by atoms with van der Waals surface area (Å²) in [6.45, 7) is 4.22. The van der Waals surface area contributed by atoms with Gasteiger partial charge in [-0.15, -0.1) is 0 Å². The average Bonchev–Trinajstić information content (AvgIpc) is 2.79. The number of hydrogen-bond donors (Lipinski definition) is 1. The number of rotatable bonds is 6. The van der Waals surface area contributed by atoms with Gasteiger partial charge in [0.15, 0.2) is 4.67 Å². The van der Waals surface area contributed by atoms with Crippen molar-refractivity contribution < 1.29 is 4.42 Å². The number of likely N-dealkylation sites (N-methyl/N-ethyl adjacent to an activating group) is 1. The third-order valence-corrected chi connectivity index (χ3v) is 4.86. The van der Waals surface area contributed by atoms with Crippen molar-refractivity contribution >= 4 is 31.9 Å². The van der Waals surface area contributed by atoms with Gasteiger partial charge in [-0.25, -0.2) is 0 Å². The van der Waals surface area contributed by atoms with Crippen molar-refractivity contribution in [2.24, 2.45) is 5.73 Å². The Bertz CT molecular complexity index is 525. The first-order valence-corrected chi connectivity index (χ1v) is 8.03. The monoisotopic (exact) mass is 401 g/mol. The first-order valence-electron chi connectivity index (χ1n) is 6.44. The molecule has 0 fully saturated rings. The Labute approximate surface area is 135 Å². The van der Waals surface area contributed by atoms with Crippen LogP contribution in [0.3, 0.4) is 0 Å². The molecule has 0 aromatic carbocycles. The van der Waals surface area contributed by atoms with Crippen molar-refractivity contribution in [2.75, 3.05) is 13.1 Å². The quantitative estimate of drug-likeness (QED) is 0.799. The number of furan rings is 1. The summed E-state index contributed by atoms with van der Waals surface area (Å²) < 4.78 is 7.31. The Hall–Kier alpha value is -0.690. The van der Waals surface area contributed by atoms with Gasteiger partial charge in [-0.2, -0.15) is 0 Å². The molecular weight excluding hydrogens is 386 g/mol. The molecule has 0 radical (unpaired) electrons. The molecule has 4 nitrogen and oxygen atoms in total. The predicted octanol–water partition coefficient (Wildman–Crippen LogP) is 3.72. The minimum Gasteiger partial charge on any atom is -0.451 e. The lowest BCUT2D eigenvalue weighted by molar-refractivity contribution is 0.177. The van der Waals surface area contributed by atoms with Crippen LogP contribution >= 0.6 is 31.9 Å². The topological polar surface area (TPSA) is 55.3 Å². The number of hydrogen-bond acceptors (Lipinski definition) is 4. The molecule has 0 aliphatic rings. The number of nitrogens with zero attached hydrogens (tertiary/aromatic N) is 2. The summed E-state index contributed by atoms with van der Waals surface area (Å²) in [7, 11) is 0. The second kappa shape index (κ2) is 7.36. The SMILES string of the molecule is CCN(Cc1ccccn1)C(CN)c1cc(Br)c(Br)o1. The zero-order valence-corrected chi connectivity index (χ0v) is 14.4.